The number of carbonyl (C=O) groups excluding carboxylic acids is 1. The first kappa shape index (κ1) is 14.6. The van der Waals surface area contributed by atoms with Gasteiger partial charge < -0.3 is 14.6 Å². The Hall–Kier alpha value is -2.83. The molecule has 0 radical (unpaired) electrons. The van der Waals surface area contributed by atoms with Gasteiger partial charge in [0.25, 0.3) is 11.6 Å². The summed E-state index contributed by atoms with van der Waals surface area (Å²) >= 11 is 0. The van der Waals surface area contributed by atoms with Crippen LogP contribution in [0.4, 0.5) is 11.4 Å². The van der Waals surface area contributed by atoms with E-state index in [1.165, 1.54) is 23.3 Å². The molecule has 21 heavy (non-hydrogen) atoms. The highest BCUT2D eigenvalue weighted by atomic mass is 16.6. The van der Waals surface area contributed by atoms with Gasteiger partial charge in [-0.1, -0.05) is 0 Å². The van der Waals surface area contributed by atoms with Crippen molar-refractivity contribution in [2.45, 2.75) is 6.54 Å². The van der Waals surface area contributed by atoms with Crippen molar-refractivity contribution in [3.05, 3.63) is 58.0 Å². The molecule has 7 nitrogen and oxygen atoms in total. The van der Waals surface area contributed by atoms with Crippen molar-refractivity contribution >= 4 is 17.3 Å². The number of rotatable bonds is 5. The first-order valence-electron chi connectivity index (χ1n) is 6.25. The molecule has 0 bridgehead atoms. The standard InChI is InChI=1S/C14H15N3O4/c1-16(2)14(18)10-5-6-12(13(8-10)17(19)20)15-9-11-4-3-7-21-11/h3-8,15H,9H2,1-2H3. The van der Waals surface area contributed by atoms with Gasteiger partial charge in [0.05, 0.1) is 17.7 Å². The van der Waals surface area contributed by atoms with Crippen LogP contribution in [0.25, 0.3) is 0 Å². The predicted molar refractivity (Wildman–Crippen MR) is 77.1 cm³/mol. The van der Waals surface area contributed by atoms with E-state index in [4.69, 9.17) is 4.42 Å². The molecule has 110 valence electrons. The maximum atomic E-state index is 11.8. The fourth-order valence-electron chi connectivity index (χ4n) is 1.82. The second-order valence-electron chi connectivity index (χ2n) is 4.62. The molecule has 2 aromatic rings. The first-order valence-corrected chi connectivity index (χ1v) is 6.25. The molecule has 0 fully saturated rings. The van der Waals surface area contributed by atoms with E-state index < -0.39 is 4.92 Å². The van der Waals surface area contributed by atoms with Crippen molar-refractivity contribution < 1.29 is 14.1 Å². The average Bonchev–Trinajstić information content (AvgIpc) is 2.97. The minimum Gasteiger partial charge on any atom is -0.467 e. The third kappa shape index (κ3) is 3.38. The van der Waals surface area contributed by atoms with E-state index in [0.29, 0.717) is 18.0 Å². The lowest BCUT2D eigenvalue weighted by atomic mass is 10.1. The number of nitrogens with zero attached hydrogens (tertiary/aromatic N) is 2. The maximum Gasteiger partial charge on any atom is 0.293 e. The second-order valence-corrected chi connectivity index (χ2v) is 4.62. The third-order valence-electron chi connectivity index (χ3n) is 2.88. The number of furan rings is 1. The van der Waals surface area contributed by atoms with Crippen LogP contribution in [0.1, 0.15) is 16.1 Å². The number of nitro groups is 1. The molecular weight excluding hydrogens is 274 g/mol. The van der Waals surface area contributed by atoms with Gasteiger partial charge in [0.1, 0.15) is 11.4 Å². The molecule has 0 aliphatic carbocycles. The zero-order valence-electron chi connectivity index (χ0n) is 11.7. The largest absolute Gasteiger partial charge is 0.467 e. The smallest absolute Gasteiger partial charge is 0.293 e. The van der Waals surface area contributed by atoms with E-state index in [0.717, 1.165) is 0 Å². The van der Waals surface area contributed by atoms with Crippen LogP contribution < -0.4 is 5.32 Å². The summed E-state index contributed by atoms with van der Waals surface area (Å²) < 4.78 is 5.16. The molecule has 1 heterocycles. The van der Waals surface area contributed by atoms with Crippen molar-refractivity contribution in [1.82, 2.24) is 4.90 Å². The topological polar surface area (TPSA) is 88.6 Å². The molecule has 7 heteroatoms. The molecule has 2 rings (SSSR count). The lowest BCUT2D eigenvalue weighted by Crippen LogP contribution is -2.21. The molecule has 0 saturated heterocycles. The van der Waals surface area contributed by atoms with Gasteiger partial charge in [0, 0.05) is 25.7 Å². The van der Waals surface area contributed by atoms with Gasteiger partial charge in [-0.2, -0.15) is 0 Å². The highest BCUT2D eigenvalue weighted by Gasteiger charge is 2.18. The third-order valence-corrected chi connectivity index (χ3v) is 2.88. The summed E-state index contributed by atoms with van der Waals surface area (Å²) in [5.41, 5.74) is 0.469. The summed E-state index contributed by atoms with van der Waals surface area (Å²) in [6.07, 6.45) is 1.53. The fourth-order valence-corrected chi connectivity index (χ4v) is 1.82. The number of anilines is 1. The van der Waals surface area contributed by atoms with Crippen molar-refractivity contribution in [2.24, 2.45) is 0 Å². The Morgan fingerprint density at radius 3 is 2.71 bits per heavy atom. The van der Waals surface area contributed by atoms with E-state index in [1.54, 1.807) is 32.3 Å². The van der Waals surface area contributed by atoms with E-state index >= 15 is 0 Å². The van der Waals surface area contributed by atoms with Gasteiger partial charge in [0.15, 0.2) is 0 Å². The number of hydrogen-bond acceptors (Lipinski definition) is 5. The van der Waals surface area contributed by atoms with Crippen molar-refractivity contribution in [3.8, 4) is 0 Å². The molecule has 0 spiro atoms. The zero-order valence-corrected chi connectivity index (χ0v) is 11.7. The molecule has 0 aliphatic rings. The van der Waals surface area contributed by atoms with E-state index in [1.807, 2.05) is 0 Å². The maximum absolute atomic E-state index is 11.8. The van der Waals surface area contributed by atoms with Gasteiger partial charge in [-0.25, -0.2) is 0 Å². The Bertz CT molecular complexity index is 650. The second kappa shape index (κ2) is 6.08. The first-order chi connectivity index (χ1) is 9.99. The van der Waals surface area contributed by atoms with Crippen LogP contribution in [0.5, 0.6) is 0 Å². The van der Waals surface area contributed by atoms with E-state index in [2.05, 4.69) is 5.32 Å². The Labute approximate surface area is 121 Å². The van der Waals surface area contributed by atoms with Crippen molar-refractivity contribution in [3.63, 3.8) is 0 Å². The zero-order chi connectivity index (χ0) is 15.4. The summed E-state index contributed by atoms with van der Waals surface area (Å²) in [7, 11) is 3.19. The van der Waals surface area contributed by atoms with Crippen molar-refractivity contribution in [2.75, 3.05) is 19.4 Å². The van der Waals surface area contributed by atoms with Crippen LogP contribution in [0.15, 0.2) is 41.0 Å². The monoisotopic (exact) mass is 289 g/mol. The SMILES string of the molecule is CN(C)C(=O)c1ccc(NCc2ccco2)c([N+](=O)[O-])c1. The number of nitro benzene ring substituents is 1. The van der Waals surface area contributed by atoms with Crippen LogP contribution in [0, 0.1) is 10.1 Å². The number of nitrogens with one attached hydrogen (secondary N) is 1. The molecule has 0 saturated carbocycles. The Morgan fingerprint density at radius 1 is 1.38 bits per heavy atom. The predicted octanol–water partition coefficient (Wildman–Crippen LogP) is 2.50. The lowest BCUT2D eigenvalue weighted by Gasteiger charge is -2.11. The summed E-state index contributed by atoms with van der Waals surface area (Å²) in [6, 6.07) is 7.86. The van der Waals surface area contributed by atoms with Gasteiger partial charge in [-0.3, -0.25) is 14.9 Å². The molecule has 1 amide bonds. The fraction of sp³-hybridized carbons (Fsp3) is 0.214. The summed E-state index contributed by atoms with van der Waals surface area (Å²) in [5, 5.41) is 14.1. The normalized spacial score (nSPS) is 10.2. The molecule has 1 N–H and O–H groups in total. The Kier molecular flexibility index (Phi) is 4.22. The molecular formula is C14H15N3O4. The quantitative estimate of drug-likeness (QED) is 0.674. The lowest BCUT2D eigenvalue weighted by molar-refractivity contribution is -0.384. The number of amides is 1. The van der Waals surface area contributed by atoms with Crippen LogP contribution in [-0.2, 0) is 6.54 Å². The van der Waals surface area contributed by atoms with Gasteiger partial charge in [-0.05, 0) is 24.3 Å². The minimum absolute atomic E-state index is 0.144. The molecule has 1 aromatic carbocycles. The number of hydrogen-bond donors (Lipinski definition) is 1. The van der Waals surface area contributed by atoms with Crippen LogP contribution >= 0.6 is 0 Å². The van der Waals surface area contributed by atoms with Crippen LogP contribution in [0.2, 0.25) is 0 Å². The number of carbonyl (C=O) groups is 1. The summed E-state index contributed by atoms with van der Waals surface area (Å²) in [4.78, 5) is 23.8. The highest BCUT2D eigenvalue weighted by molar-refractivity contribution is 5.95. The minimum atomic E-state index is -0.517. The molecule has 0 atom stereocenters. The van der Waals surface area contributed by atoms with Crippen LogP contribution in [-0.4, -0.2) is 29.8 Å². The van der Waals surface area contributed by atoms with Gasteiger partial charge >= 0.3 is 0 Å². The molecule has 0 unspecified atom stereocenters. The Morgan fingerprint density at radius 2 is 2.14 bits per heavy atom. The van der Waals surface area contributed by atoms with Gasteiger partial charge in [0.2, 0.25) is 0 Å². The summed E-state index contributed by atoms with van der Waals surface area (Å²) in [5.74, 6) is 0.383. The Balaban J connectivity index is 2.25. The molecule has 1 aromatic heterocycles. The number of benzene rings is 1. The van der Waals surface area contributed by atoms with E-state index in [9.17, 15) is 14.9 Å². The highest BCUT2D eigenvalue weighted by Crippen LogP contribution is 2.26. The average molecular weight is 289 g/mol. The molecule has 0 aliphatic heterocycles. The van der Waals surface area contributed by atoms with Gasteiger partial charge in [-0.15, -0.1) is 0 Å². The van der Waals surface area contributed by atoms with E-state index in [-0.39, 0.29) is 17.2 Å². The van der Waals surface area contributed by atoms with Crippen molar-refractivity contribution in [1.29, 1.82) is 0 Å². The summed E-state index contributed by atoms with van der Waals surface area (Å²) in [6.45, 7) is 0.328. The van der Waals surface area contributed by atoms with Crippen LogP contribution in [0.3, 0.4) is 0 Å².